The zero-order chi connectivity index (χ0) is 8.27. The van der Waals surface area contributed by atoms with Gasteiger partial charge in [0.05, 0.1) is 0 Å². The Morgan fingerprint density at radius 3 is 2.64 bits per heavy atom. The van der Waals surface area contributed by atoms with E-state index < -0.39 is 0 Å². The van der Waals surface area contributed by atoms with Crippen LogP contribution in [0.15, 0.2) is 0 Å². The third-order valence-electron chi connectivity index (χ3n) is 2.45. The number of hydrazine groups is 1. The maximum Gasteiger partial charge on any atom is 0.0343 e. The van der Waals surface area contributed by atoms with Gasteiger partial charge in [0.2, 0.25) is 0 Å². The van der Waals surface area contributed by atoms with Crippen LogP contribution in [0.2, 0.25) is 0 Å². The predicted octanol–water partition coefficient (Wildman–Crippen LogP) is 0.147. The number of likely N-dealkylation sites (N-methyl/N-ethyl adjacent to an activating group) is 1. The summed E-state index contributed by atoms with van der Waals surface area (Å²) >= 11 is 0. The van der Waals surface area contributed by atoms with Crippen molar-refractivity contribution in [2.24, 2.45) is 0 Å². The molecule has 0 amide bonds. The normalized spacial score (nSPS) is 29.2. The van der Waals surface area contributed by atoms with Crippen LogP contribution in [0.4, 0.5) is 0 Å². The molecule has 1 saturated heterocycles. The van der Waals surface area contributed by atoms with E-state index >= 15 is 0 Å². The quantitative estimate of drug-likeness (QED) is 0.615. The van der Waals surface area contributed by atoms with Gasteiger partial charge in [0.1, 0.15) is 0 Å². The Kier molecular flexibility index (Phi) is 3.30. The Bertz CT molecular complexity index is 116. The number of nitrogens with one attached hydrogen (secondary N) is 1. The summed E-state index contributed by atoms with van der Waals surface area (Å²) in [4.78, 5) is 2.48. The SMILES string of the molecule is CCN1CCN(NC)[C@@H](C)C1. The standard InChI is InChI=1S/C8H19N3/c1-4-10-5-6-11(9-3)8(2)7-10/h8-9H,4-7H2,1-3H3/t8-/m0/s1. The highest BCUT2D eigenvalue weighted by atomic mass is 15.5. The summed E-state index contributed by atoms with van der Waals surface area (Å²) in [7, 11) is 2.00. The summed E-state index contributed by atoms with van der Waals surface area (Å²) < 4.78 is 0. The smallest absolute Gasteiger partial charge is 0.0343 e. The number of nitrogens with zero attached hydrogens (tertiary/aromatic N) is 2. The lowest BCUT2D eigenvalue weighted by Crippen LogP contribution is -2.55. The lowest BCUT2D eigenvalue weighted by atomic mass is 10.2. The first kappa shape index (κ1) is 8.97. The highest BCUT2D eigenvalue weighted by molar-refractivity contribution is 4.75. The molecule has 0 aromatic carbocycles. The Morgan fingerprint density at radius 2 is 2.18 bits per heavy atom. The van der Waals surface area contributed by atoms with E-state index in [9.17, 15) is 0 Å². The molecule has 1 heterocycles. The molecule has 11 heavy (non-hydrogen) atoms. The second-order valence-corrected chi connectivity index (χ2v) is 3.16. The molecule has 0 bridgehead atoms. The molecule has 0 aliphatic carbocycles. The highest BCUT2D eigenvalue weighted by Crippen LogP contribution is 2.05. The van der Waals surface area contributed by atoms with Crippen LogP contribution in [-0.2, 0) is 0 Å². The Morgan fingerprint density at radius 1 is 1.45 bits per heavy atom. The summed E-state index contributed by atoms with van der Waals surface area (Å²) in [6.07, 6.45) is 0. The van der Waals surface area contributed by atoms with Crippen LogP contribution in [0.3, 0.4) is 0 Å². The summed E-state index contributed by atoms with van der Waals surface area (Å²) in [5.74, 6) is 0. The van der Waals surface area contributed by atoms with Crippen LogP contribution in [0.25, 0.3) is 0 Å². The van der Waals surface area contributed by atoms with Crippen LogP contribution in [-0.4, -0.2) is 49.2 Å². The van der Waals surface area contributed by atoms with Crippen LogP contribution in [0, 0.1) is 0 Å². The van der Waals surface area contributed by atoms with Crippen LogP contribution < -0.4 is 5.43 Å². The van der Waals surface area contributed by atoms with Crippen molar-refractivity contribution in [3.63, 3.8) is 0 Å². The lowest BCUT2D eigenvalue weighted by Gasteiger charge is -2.38. The maximum atomic E-state index is 3.20. The van der Waals surface area contributed by atoms with E-state index in [0.717, 1.165) is 6.54 Å². The molecule has 3 heteroatoms. The minimum atomic E-state index is 0.647. The van der Waals surface area contributed by atoms with E-state index in [4.69, 9.17) is 0 Å². The molecule has 0 spiro atoms. The zero-order valence-corrected chi connectivity index (χ0v) is 7.80. The molecular formula is C8H19N3. The van der Waals surface area contributed by atoms with Crippen LogP contribution in [0.5, 0.6) is 0 Å². The van der Waals surface area contributed by atoms with Crippen molar-refractivity contribution in [1.29, 1.82) is 0 Å². The second kappa shape index (κ2) is 4.04. The van der Waals surface area contributed by atoms with Crippen molar-refractivity contribution < 1.29 is 0 Å². The van der Waals surface area contributed by atoms with Gasteiger partial charge in [-0.2, -0.15) is 0 Å². The fraction of sp³-hybridized carbons (Fsp3) is 1.00. The molecule has 1 rings (SSSR count). The summed E-state index contributed by atoms with van der Waals surface area (Å²) in [6.45, 7) is 9.20. The third-order valence-corrected chi connectivity index (χ3v) is 2.45. The van der Waals surface area contributed by atoms with E-state index in [1.165, 1.54) is 19.6 Å². The molecule has 3 nitrogen and oxygen atoms in total. The van der Waals surface area contributed by atoms with Gasteiger partial charge < -0.3 is 4.90 Å². The van der Waals surface area contributed by atoms with Gasteiger partial charge in [-0.3, -0.25) is 5.43 Å². The molecule has 0 aromatic rings. The van der Waals surface area contributed by atoms with Gasteiger partial charge in [0, 0.05) is 25.7 Å². The van der Waals surface area contributed by atoms with Gasteiger partial charge in [-0.15, -0.1) is 0 Å². The van der Waals surface area contributed by atoms with E-state index in [1.807, 2.05) is 7.05 Å². The molecule has 1 fully saturated rings. The molecule has 0 aromatic heterocycles. The molecule has 1 aliphatic heterocycles. The molecule has 66 valence electrons. The number of hydrogen-bond donors (Lipinski definition) is 1. The summed E-state index contributed by atoms with van der Waals surface area (Å²) in [5.41, 5.74) is 3.20. The van der Waals surface area contributed by atoms with Gasteiger partial charge in [-0.05, 0) is 20.5 Å². The predicted molar refractivity (Wildman–Crippen MR) is 47.3 cm³/mol. The Hall–Kier alpha value is -0.120. The zero-order valence-electron chi connectivity index (χ0n) is 7.80. The average Bonchev–Trinajstić information content (AvgIpc) is 2.04. The molecule has 1 aliphatic rings. The molecular weight excluding hydrogens is 138 g/mol. The molecule has 1 atom stereocenters. The Balaban J connectivity index is 2.34. The summed E-state index contributed by atoms with van der Waals surface area (Å²) in [5, 5.41) is 2.30. The monoisotopic (exact) mass is 157 g/mol. The molecule has 0 saturated carbocycles. The maximum absolute atomic E-state index is 3.20. The first-order valence-corrected chi connectivity index (χ1v) is 4.44. The van der Waals surface area contributed by atoms with E-state index in [-0.39, 0.29) is 0 Å². The number of piperazine rings is 1. The van der Waals surface area contributed by atoms with Crippen molar-refractivity contribution in [1.82, 2.24) is 15.3 Å². The molecule has 0 radical (unpaired) electrons. The van der Waals surface area contributed by atoms with Gasteiger partial charge >= 0.3 is 0 Å². The molecule has 1 N–H and O–H groups in total. The van der Waals surface area contributed by atoms with E-state index in [0.29, 0.717) is 6.04 Å². The molecule has 0 unspecified atom stereocenters. The number of rotatable bonds is 2. The topological polar surface area (TPSA) is 18.5 Å². The van der Waals surface area contributed by atoms with Gasteiger partial charge in [-0.1, -0.05) is 6.92 Å². The lowest BCUT2D eigenvalue weighted by molar-refractivity contribution is 0.0532. The third kappa shape index (κ3) is 2.15. The second-order valence-electron chi connectivity index (χ2n) is 3.16. The first-order valence-electron chi connectivity index (χ1n) is 4.44. The van der Waals surface area contributed by atoms with Gasteiger partial charge in [0.15, 0.2) is 0 Å². The minimum absolute atomic E-state index is 0.647. The van der Waals surface area contributed by atoms with Crippen LogP contribution in [0.1, 0.15) is 13.8 Å². The van der Waals surface area contributed by atoms with Crippen LogP contribution >= 0.6 is 0 Å². The fourth-order valence-corrected chi connectivity index (χ4v) is 1.65. The van der Waals surface area contributed by atoms with Crippen molar-refractivity contribution in [3.05, 3.63) is 0 Å². The van der Waals surface area contributed by atoms with Crippen molar-refractivity contribution in [2.45, 2.75) is 19.9 Å². The van der Waals surface area contributed by atoms with E-state index in [2.05, 4.69) is 29.2 Å². The Labute approximate surface area is 69.3 Å². The highest BCUT2D eigenvalue weighted by Gasteiger charge is 2.20. The van der Waals surface area contributed by atoms with Crippen molar-refractivity contribution in [3.8, 4) is 0 Å². The minimum Gasteiger partial charge on any atom is -0.301 e. The van der Waals surface area contributed by atoms with Crippen molar-refractivity contribution in [2.75, 3.05) is 33.2 Å². The van der Waals surface area contributed by atoms with Crippen molar-refractivity contribution >= 4 is 0 Å². The van der Waals surface area contributed by atoms with E-state index in [1.54, 1.807) is 0 Å². The van der Waals surface area contributed by atoms with Gasteiger partial charge in [0.25, 0.3) is 0 Å². The largest absolute Gasteiger partial charge is 0.301 e. The van der Waals surface area contributed by atoms with Gasteiger partial charge in [-0.25, -0.2) is 5.01 Å². The number of hydrogen-bond acceptors (Lipinski definition) is 3. The average molecular weight is 157 g/mol. The summed E-state index contributed by atoms with van der Waals surface area (Å²) in [6, 6.07) is 0.647. The fourth-order valence-electron chi connectivity index (χ4n) is 1.65. The first-order chi connectivity index (χ1) is 5.27.